The van der Waals surface area contributed by atoms with Gasteiger partial charge < -0.3 is 10.6 Å². The third-order valence-electron chi connectivity index (χ3n) is 4.75. The van der Waals surface area contributed by atoms with Gasteiger partial charge in [0, 0.05) is 10.7 Å². The Morgan fingerprint density at radius 1 is 1.00 bits per heavy atom. The van der Waals surface area contributed by atoms with Crippen molar-refractivity contribution in [2.24, 2.45) is 0 Å². The van der Waals surface area contributed by atoms with Gasteiger partial charge in [0.05, 0.1) is 28.7 Å². The number of aromatic nitrogens is 3. The minimum absolute atomic E-state index is 0.148. The number of nitrogens with zero attached hydrogens (tertiary/aromatic N) is 3. The number of nitrogens with one attached hydrogen (secondary N) is 2. The monoisotopic (exact) mass is 497 g/mol. The molecule has 0 bridgehead atoms. The highest BCUT2D eigenvalue weighted by Gasteiger charge is 2.16. The maximum atomic E-state index is 12.5. The molecule has 1 aromatic heterocycles. The lowest BCUT2D eigenvalue weighted by molar-refractivity contribution is -0.113. The summed E-state index contributed by atoms with van der Waals surface area (Å²) in [6, 6.07) is 22.7. The largest absolute Gasteiger partial charge is 0.378 e. The van der Waals surface area contributed by atoms with Crippen LogP contribution >= 0.6 is 35.0 Å². The molecule has 6 nitrogen and oxygen atoms in total. The van der Waals surface area contributed by atoms with Crippen molar-refractivity contribution < 1.29 is 4.79 Å². The predicted octanol–water partition coefficient (Wildman–Crippen LogP) is 6.23. The van der Waals surface area contributed by atoms with Crippen molar-refractivity contribution in [1.29, 1.82) is 0 Å². The molecule has 4 aromatic rings. The van der Waals surface area contributed by atoms with E-state index in [2.05, 4.69) is 20.8 Å². The van der Waals surface area contributed by atoms with E-state index in [1.165, 1.54) is 17.3 Å². The number of halogens is 2. The van der Waals surface area contributed by atoms with Crippen LogP contribution in [0.2, 0.25) is 10.0 Å². The fourth-order valence-electron chi connectivity index (χ4n) is 3.11. The van der Waals surface area contributed by atoms with E-state index < -0.39 is 0 Å². The Labute approximate surface area is 206 Å². The van der Waals surface area contributed by atoms with Crippen molar-refractivity contribution in [1.82, 2.24) is 14.8 Å². The lowest BCUT2D eigenvalue weighted by Crippen LogP contribution is -2.15. The third kappa shape index (κ3) is 6.07. The summed E-state index contributed by atoms with van der Waals surface area (Å²) in [6.07, 6.45) is 0. The van der Waals surface area contributed by atoms with Crippen LogP contribution in [0.5, 0.6) is 0 Å². The second-order valence-electron chi connectivity index (χ2n) is 7.25. The second-order valence-corrected chi connectivity index (χ2v) is 9.04. The Kier molecular flexibility index (Phi) is 7.54. The Morgan fingerprint density at radius 3 is 2.55 bits per heavy atom. The number of aryl methyl sites for hydroxylation is 1. The standard InChI is InChI=1S/C24H21Cl2N5OS/c1-16-9-11-18(12-10-16)27-14-22-29-30-24(31(22)19-6-4-5-17(25)13-19)33-15-23(32)28-21-8-3-2-7-20(21)26/h2-13,27H,14-15H2,1H3,(H,28,32). The number of benzene rings is 3. The highest BCUT2D eigenvalue weighted by molar-refractivity contribution is 7.99. The first-order valence-electron chi connectivity index (χ1n) is 10.2. The highest BCUT2D eigenvalue weighted by Crippen LogP contribution is 2.26. The molecule has 0 fully saturated rings. The van der Waals surface area contributed by atoms with Crippen molar-refractivity contribution in [3.8, 4) is 5.69 Å². The van der Waals surface area contributed by atoms with E-state index in [1.54, 1.807) is 12.1 Å². The molecule has 1 amide bonds. The maximum Gasteiger partial charge on any atom is 0.234 e. The quantitative estimate of drug-likeness (QED) is 0.282. The van der Waals surface area contributed by atoms with Gasteiger partial charge >= 0.3 is 0 Å². The summed E-state index contributed by atoms with van der Waals surface area (Å²) in [5.74, 6) is 0.662. The van der Waals surface area contributed by atoms with Crippen LogP contribution in [0.1, 0.15) is 11.4 Å². The van der Waals surface area contributed by atoms with E-state index in [1.807, 2.05) is 72.2 Å². The molecule has 1 heterocycles. The molecule has 4 rings (SSSR count). The van der Waals surface area contributed by atoms with E-state index in [0.717, 1.165) is 11.4 Å². The first-order valence-corrected chi connectivity index (χ1v) is 11.9. The summed E-state index contributed by atoms with van der Waals surface area (Å²) in [6.45, 7) is 2.50. The number of carbonyl (C=O) groups is 1. The second kappa shape index (κ2) is 10.7. The van der Waals surface area contributed by atoms with Crippen LogP contribution in [-0.4, -0.2) is 26.4 Å². The lowest BCUT2D eigenvalue weighted by atomic mass is 10.2. The summed E-state index contributed by atoms with van der Waals surface area (Å²) in [5, 5.41) is 16.6. The van der Waals surface area contributed by atoms with Gasteiger partial charge in [-0.15, -0.1) is 10.2 Å². The van der Waals surface area contributed by atoms with Gasteiger partial charge in [0.1, 0.15) is 0 Å². The molecule has 2 N–H and O–H groups in total. The number of rotatable bonds is 8. The molecule has 0 atom stereocenters. The molecule has 0 aliphatic heterocycles. The summed E-state index contributed by atoms with van der Waals surface area (Å²) in [4.78, 5) is 12.5. The summed E-state index contributed by atoms with van der Waals surface area (Å²) in [5.41, 5.74) is 3.57. The van der Waals surface area contributed by atoms with E-state index in [0.29, 0.717) is 33.3 Å². The molecular formula is C24H21Cl2N5OS. The van der Waals surface area contributed by atoms with Gasteiger partial charge in [-0.05, 0) is 49.4 Å². The SMILES string of the molecule is Cc1ccc(NCc2nnc(SCC(=O)Nc3ccccc3Cl)n2-c2cccc(Cl)c2)cc1. The van der Waals surface area contributed by atoms with Crippen molar-refractivity contribution >= 4 is 52.2 Å². The van der Waals surface area contributed by atoms with E-state index >= 15 is 0 Å². The van der Waals surface area contributed by atoms with Crippen LogP contribution in [0.3, 0.4) is 0 Å². The molecule has 0 spiro atoms. The number of hydrogen-bond donors (Lipinski definition) is 2. The van der Waals surface area contributed by atoms with Crippen LogP contribution in [0.15, 0.2) is 78.0 Å². The Balaban J connectivity index is 1.52. The molecule has 0 aliphatic carbocycles. The topological polar surface area (TPSA) is 71.8 Å². The van der Waals surface area contributed by atoms with Crippen LogP contribution in [0, 0.1) is 6.92 Å². The number of thioether (sulfide) groups is 1. The molecule has 33 heavy (non-hydrogen) atoms. The van der Waals surface area contributed by atoms with Gasteiger partial charge in [0.2, 0.25) is 5.91 Å². The van der Waals surface area contributed by atoms with Crippen LogP contribution in [-0.2, 0) is 11.3 Å². The van der Waals surface area contributed by atoms with E-state index in [4.69, 9.17) is 23.2 Å². The van der Waals surface area contributed by atoms with Crippen LogP contribution in [0.25, 0.3) is 5.69 Å². The highest BCUT2D eigenvalue weighted by atomic mass is 35.5. The maximum absolute atomic E-state index is 12.5. The zero-order valence-electron chi connectivity index (χ0n) is 17.8. The molecule has 0 saturated heterocycles. The number of anilines is 2. The van der Waals surface area contributed by atoms with Gasteiger partial charge in [-0.2, -0.15) is 0 Å². The number of carbonyl (C=O) groups excluding carboxylic acids is 1. The first kappa shape index (κ1) is 23.2. The summed E-state index contributed by atoms with van der Waals surface area (Å²) in [7, 11) is 0. The molecule has 3 aromatic carbocycles. The van der Waals surface area contributed by atoms with Crippen LogP contribution < -0.4 is 10.6 Å². The minimum atomic E-state index is -0.187. The van der Waals surface area contributed by atoms with Crippen molar-refractivity contribution in [3.63, 3.8) is 0 Å². The van der Waals surface area contributed by atoms with Gasteiger partial charge in [0.15, 0.2) is 11.0 Å². The number of hydrogen-bond acceptors (Lipinski definition) is 5. The van der Waals surface area contributed by atoms with Crippen molar-refractivity contribution in [3.05, 3.63) is 94.2 Å². The first-order chi connectivity index (χ1) is 16.0. The molecule has 0 radical (unpaired) electrons. The molecule has 168 valence electrons. The van der Waals surface area contributed by atoms with Crippen molar-refractivity contribution in [2.45, 2.75) is 18.6 Å². The average Bonchev–Trinajstić information content (AvgIpc) is 3.22. The van der Waals surface area contributed by atoms with E-state index in [9.17, 15) is 4.79 Å². The van der Waals surface area contributed by atoms with E-state index in [-0.39, 0.29) is 11.7 Å². The Bertz CT molecular complexity index is 1260. The number of amides is 1. The predicted molar refractivity (Wildman–Crippen MR) is 136 cm³/mol. The van der Waals surface area contributed by atoms with Gasteiger partial charge in [-0.1, -0.05) is 70.9 Å². The molecular weight excluding hydrogens is 477 g/mol. The zero-order valence-corrected chi connectivity index (χ0v) is 20.1. The zero-order chi connectivity index (χ0) is 23.2. The Hall–Kier alpha value is -3.00. The molecule has 9 heteroatoms. The fourth-order valence-corrected chi connectivity index (χ4v) is 4.25. The average molecular weight is 498 g/mol. The van der Waals surface area contributed by atoms with Gasteiger partial charge in [-0.3, -0.25) is 9.36 Å². The Morgan fingerprint density at radius 2 is 1.79 bits per heavy atom. The third-order valence-corrected chi connectivity index (χ3v) is 6.24. The smallest absolute Gasteiger partial charge is 0.234 e. The molecule has 0 saturated carbocycles. The van der Waals surface area contributed by atoms with Gasteiger partial charge in [0.25, 0.3) is 0 Å². The lowest BCUT2D eigenvalue weighted by Gasteiger charge is -2.12. The number of para-hydroxylation sites is 1. The van der Waals surface area contributed by atoms with Crippen LogP contribution in [0.4, 0.5) is 11.4 Å². The summed E-state index contributed by atoms with van der Waals surface area (Å²) >= 11 is 13.7. The molecule has 0 aliphatic rings. The van der Waals surface area contributed by atoms with Gasteiger partial charge in [-0.25, -0.2) is 0 Å². The molecule has 0 unspecified atom stereocenters. The summed E-state index contributed by atoms with van der Waals surface area (Å²) < 4.78 is 1.90. The van der Waals surface area contributed by atoms with Crippen molar-refractivity contribution in [2.75, 3.05) is 16.4 Å². The fraction of sp³-hybridized carbons (Fsp3) is 0.125. The normalized spacial score (nSPS) is 10.8. The minimum Gasteiger partial charge on any atom is -0.378 e.